The summed E-state index contributed by atoms with van der Waals surface area (Å²) in [6.07, 6.45) is 2.87. The molecule has 1 rings (SSSR count). The fourth-order valence-electron chi connectivity index (χ4n) is 1.16. The van der Waals surface area contributed by atoms with Crippen molar-refractivity contribution in [1.82, 2.24) is 0 Å². The van der Waals surface area contributed by atoms with Crippen LogP contribution in [0.2, 0.25) is 0 Å². The smallest absolute Gasteiger partial charge is 0.153 e. The van der Waals surface area contributed by atoms with Crippen LogP contribution in [0.3, 0.4) is 0 Å². The zero-order valence-corrected chi connectivity index (χ0v) is 8.29. The van der Waals surface area contributed by atoms with Gasteiger partial charge in [0.25, 0.3) is 0 Å². The minimum atomic E-state index is 0.0292. The second-order valence-corrected chi connectivity index (χ2v) is 3.17. The zero-order valence-electron chi connectivity index (χ0n) is 8.29. The van der Waals surface area contributed by atoms with Crippen LogP contribution < -0.4 is 5.32 Å². The molecule has 0 amide bonds. The van der Waals surface area contributed by atoms with Crippen molar-refractivity contribution in [1.29, 1.82) is 0 Å². The van der Waals surface area contributed by atoms with E-state index >= 15 is 0 Å². The molecule has 0 saturated heterocycles. The SMILES string of the molecule is CCCCNc1ccc(C=O)c(O)c1. The molecule has 2 N–H and O–H groups in total. The third-order valence-corrected chi connectivity index (χ3v) is 2.02. The van der Waals surface area contributed by atoms with Crippen LogP contribution in [-0.2, 0) is 0 Å². The van der Waals surface area contributed by atoms with Crippen LogP contribution in [0.15, 0.2) is 18.2 Å². The van der Waals surface area contributed by atoms with E-state index in [1.165, 1.54) is 0 Å². The van der Waals surface area contributed by atoms with Gasteiger partial charge in [0, 0.05) is 18.3 Å². The van der Waals surface area contributed by atoms with Gasteiger partial charge in [0.05, 0.1) is 5.56 Å². The number of carbonyl (C=O) groups is 1. The fourth-order valence-corrected chi connectivity index (χ4v) is 1.16. The number of phenolic OH excluding ortho intramolecular Hbond substituents is 1. The number of nitrogens with one attached hydrogen (secondary N) is 1. The summed E-state index contributed by atoms with van der Waals surface area (Å²) in [7, 11) is 0. The molecule has 14 heavy (non-hydrogen) atoms. The van der Waals surface area contributed by atoms with Gasteiger partial charge in [-0.2, -0.15) is 0 Å². The molecule has 1 aromatic carbocycles. The Morgan fingerprint density at radius 2 is 2.29 bits per heavy atom. The van der Waals surface area contributed by atoms with Gasteiger partial charge in [-0.15, -0.1) is 0 Å². The zero-order chi connectivity index (χ0) is 10.4. The van der Waals surface area contributed by atoms with Gasteiger partial charge in [0.15, 0.2) is 6.29 Å². The number of hydrogen-bond acceptors (Lipinski definition) is 3. The van der Waals surface area contributed by atoms with Crippen molar-refractivity contribution < 1.29 is 9.90 Å². The Balaban J connectivity index is 2.62. The average Bonchev–Trinajstić information content (AvgIpc) is 2.18. The predicted molar refractivity (Wildman–Crippen MR) is 56.9 cm³/mol. The number of aromatic hydroxyl groups is 1. The van der Waals surface area contributed by atoms with E-state index in [2.05, 4.69) is 12.2 Å². The maximum atomic E-state index is 10.4. The molecule has 0 aliphatic rings. The summed E-state index contributed by atoms with van der Waals surface area (Å²) in [5, 5.41) is 12.5. The first-order valence-corrected chi connectivity index (χ1v) is 4.80. The molecule has 0 unspecified atom stereocenters. The van der Waals surface area contributed by atoms with Gasteiger partial charge >= 0.3 is 0 Å². The standard InChI is InChI=1S/C11H15NO2/c1-2-3-6-12-10-5-4-9(8-13)11(14)7-10/h4-5,7-8,12,14H,2-3,6H2,1H3. The van der Waals surface area contributed by atoms with E-state index in [1.54, 1.807) is 18.2 Å². The van der Waals surface area contributed by atoms with E-state index < -0.39 is 0 Å². The lowest BCUT2D eigenvalue weighted by atomic mass is 10.2. The molecular weight excluding hydrogens is 178 g/mol. The largest absolute Gasteiger partial charge is 0.507 e. The summed E-state index contributed by atoms with van der Waals surface area (Å²) in [6.45, 7) is 3.00. The van der Waals surface area contributed by atoms with Crippen molar-refractivity contribution in [3.63, 3.8) is 0 Å². The van der Waals surface area contributed by atoms with Crippen LogP contribution in [0.25, 0.3) is 0 Å². The van der Waals surface area contributed by atoms with E-state index in [-0.39, 0.29) is 5.75 Å². The third-order valence-electron chi connectivity index (χ3n) is 2.02. The summed E-state index contributed by atoms with van der Waals surface area (Å²) >= 11 is 0. The molecule has 0 spiro atoms. The van der Waals surface area contributed by atoms with Gasteiger partial charge in [0.2, 0.25) is 0 Å². The first-order valence-electron chi connectivity index (χ1n) is 4.80. The number of unbranched alkanes of at least 4 members (excludes halogenated alkanes) is 1. The predicted octanol–water partition coefficient (Wildman–Crippen LogP) is 2.42. The van der Waals surface area contributed by atoms with Gasteiger partial charge in [-0.1, -0.05) is 13.3 Å². The van der Waals surface area contributed by atoms with Crippen LogP contribution in [0.4, 0.5) is 5.69 Å². The highest BCUT2D eigenvalue weighted by molar-refractivity contribution is 5.80. The Bertz CT molecular complexity index is 310. The highest BCUT2D eigenvalue weighted by Crippen LogP contribution is 2.20. The van der Waals surface area contributed by atoms with Gasteiger partial charge in [-0.3, -0.25) is 4.79 Å². The van der Waals surface area contributed by atoms with Gasteiger partial charge < -0.3 is 10.4 Å². The minimum absolute atomic E-state index is 0.0292. The van der Waals surface area contributed by atoms with E-state index in [0.717, 1.165) is 25.1 Å². The summed E-state index contributed by atoms with van der Waals surface area (Å²) < 4.78 is 0. The molecule has 0 atom stereocenters. The normalized spacial score (nSPS) is 9.79. The van der Waals surface area contributed by atoms with Crippen molar-refractivity contribution in [2.24, 2.45) is 0 Å². The molecule has 76 valence electrons. The number of phenols is 1. The second-order valence-electron chi connectivity index (χ2n) is 3.17. The molecule has 0 bridgehead atoms. The Hall–Kier alpha value is -1.51. The van der Waals surface area contributed by atoms with E-state index in [4.69, 9.17) is 0 Å². The first-order chi connectivity index (χ1) is 6.77. The highest BCUT2D eigenvalue weighted by Gasteiger charge is 2.00. The van der Waals surface area contributed by atoms with Crippen LogP contribution in [-0.4, -0.2) is 17.9 Å². The maximum absolute atomic E-state index is 10.4. The number of hydrogen-bond donors (Lipinski definition) is 2. The molecule has 0 aromatic heterocycles. The Morgan fingerprint density at radius 1 is 1.50 bits per heavy atom. The lowest BCUT2D eigenvalue weighted by molar-refractivity contribution is 0.112. The Labute approximate surface area is 83.8 Å². The first kappa shape index (κ1) is 10.6. The van der Waals surface area contributed by atoms with Crippen molar-refractivity contribution >= 4 is 12.0 Å². The topological polar surface area (TPSA) is 49.3 Å². The van der Waals surface area contributed by atoms with E-state index in [1.807, 2.05) is 0 Å². The second kappa shape index (κ2) is 5.27. The average molecular weight is 193 g/mol. The molecule has 0 fully saturated rings. The highest BCUT2D eigenvalue weighted by atomic mass is 16.3. The molecule has 0 heterocycles. The van der Waals surface area contributed by atoms with Gasteiger partial charge in [0.1, 0.15) is 5.75 Å². The van der Waals surface area contributed by atoms with E-state index in [9.17, 15) is 9.90 Å². The molecule has 0 aliphatic carbocycles. The molecule has 3 heteroatoms. The van der Waals surface area contributed by atoms with Crippen LogP contribution in [0.1, 0.15) is 30.1 Å². The van der Waals surface area contributed by atoms with Gasteiger partial charge in [-0.05, 0) is 18.6 Å². The molecule has 1 aromatic rings. The van der Waals surface area contributed by atoms with Gasteiger partial charge in [-0.25, -0.2) is 0 Å². The Morgan fingerprint density at radius 3 is 2.86 bits per heavy atom. The molecule has 3 nitrogen and oxygen atoms in total. The Kier molecular flexibility index (Phi) is 3.98. The number of benzene rings is 1. The van der Waals surface area contributed by atoms with Crippen molar-refractivity contribution in [3.05, 3.63) is 23.8 Å². The lowest BCUT2D eigenvalue weighted by Gasteiger charge is -2.06. The third kappa shape index (κ3) is 2.76. The number of rotatable bonds is 5. The molecule has 0 radical (unpaired) electrons. The molecule has 0 aliphatic heterocycles. The molecule has 0 saturated carbocycles. The maximum Gasteiger partial charge on any atom is 0.153 e. The monoisotopic (exact) mass is 193 g/mol. The van der Waals surface area contributed by atoms with Crippen molar-refractivity contribution in [3.8, 4) is 5.75 Å². The summed E-state index contributed by atoms with van der Waals surface area (Å²) in [4.78, 5) is 10.4. The van der Waals surface area contributed by atoms with E-state index in [0.29, 0.717) is 11.8 Å². The fraction of sp³-hybridized carbons (Fsp3) is 0.364. The van der Waals surface area contributed by atoms with Crippen molar-refractivity contribution in [2.75, 3.05) is 11.9 Å². The quantitative estimate of drug-likeness (QED) is 0.557. The summed E-state index contributed by atoms with van der Waals surface area (Å²) in [5.74, 6) is 0.0292. The van der Waals surface area contributed by atoms with Crippen molar-refractivity contribution in [2.45, 2.75) is 19.8 Å². The van der Waals surface area contributed by atoms with Crippen LogP contribution in [0.5, 0.6) is 5.75 Å². The van der Waals surface area contributed by atoms with Crippen LogP contribution in [0, 0.1) is 0 Å². The molecular formula is C11H15NO2. The summed E-state index contributed by atoms with van der Waals surface area (Å²) in [6, 6.07) is 4.97. The number of anilines is 1. The van der Waals surface area contributed by atoms with Crippen LogP contribution >= 0.6 is 0 Å². The minimum Gasteiger partial charge on any atom is -0.507 e. The number of aldehydes is 1. The summed E-state index contributed by atoms with van der Waals surface area (Å²) in [5.41, 5.74) is 1.17. The number of carbonyl (C=O) groups excluding carboxylic acids is 1. The lowest BCUT2D eigenvalue weighted by Crippen LogP contribution is -2.00.